The van der Waals surface area contributed by atoms with Crippen molar-refractivity contribution in [3.63, 3.8) is 0 Å². The molecule has 1 aliphatic carbocycles. The molecule has 0 amide bonds. The van der Waals surface area contributed by atoms with E-state index in [1.807, 2.05) is 12.1 Å². The fourth-order valence-corrected chi connectivity index (χ4v) is 3.04. The Morgan fingerprint density at radius 1 is 1.33 bits per heavy atom. The molecule has 1 saturated carbocycles. The molecule has 2 N–H and O–H groups in total. The predicted molar refractivity (Wildman–Crippen MR) is 83.5 cm³/mol. The molecule has 0 aromatic heterocycles. The maximum Gasteiger partial charge on any atom is 0.339 e. The topological polar surface area (TPSA) is 58.6 Å². The van der Waals surface area contributed by atoms with Crippen LogP contribution < -0.4 is 5.32 Å². The van der Waals surface area contributed by atoms with E-state index in [9.17, 15) is 9.90 Å². The van der Waals surface area contributed by atoms with E-state index in [1.54, 1.807) is 12.1 Å². The first kappa shape index (κ1) is 15.8. The lowest BCUT2D eigenvalue weighted by Gasteiger charge is -2.24. The largest absolute Gasteiger partial charge is 0.465 e. The van der Waals surface area contributed by atoms with Gasteiger partial charge in [0.05, 0.1) is 18.8 Å². The summed E-state index contributed by atoms with van der Waals surface area (Å²) in [6.45, 7) is 0.463. The average molecular weight is 291 g/mol. The molecule has 4 nitrogen and oxygen atoms in total. The van der Waals surface area contributed by atoms with Gasteiger partial charge in [0.1, 0.15) is 0 Å². The highest BCUT2D eigenvalue weighted by molar-refractivity contribution is 5.95. The molecule has 0 spiro atoms. The lowest BCUT2D eigenvalue weighted by atomic mass is 9.85. The van der Waals surface area contributed by atoms with Crippen molar-refractivity contribution in [2.45, 2.75) is 44.6 Å². The second kappa shape index (κ2) is 8.03. The van der Waals surface area contributed by atoms with Crippen LogP contribution in [0.3, 0.4) is 0 Å². The number of ether oxygens (including phenoxy) is 1. The van der Waals surface area contributed by atoms with Gasteiger partial charge in [-0.2, -0.15) is 0 Å². The highest BCUT2D eigenvalue weighted by Crippen LogP contribution is 2.27. The Balaban J connectivity index is 1.86. The molecule has 1 aromatic carbocycles. The van der Waals surface area contributed by atoms with E-state index in [-0.39, 0.29) is 12.1 Å². The number of benzene rings is 1. The molecule has 0 saturated heterocycles. The first-order valence-electron chi connectivity index (χ1n) is 7.80. The Morgan fingerprint density at radius 2 is 2.05 bits per heavy atom. The number of carbonyl (C=O) groups is 1. The Bertz CT molecular complexity index is 455. The summed E-state index contributed by atoms with van der Waals surface area (Å²) in [5.74, 6) is 0.284. The number of rotatable bonds is 6. The summed E-state index contributed by atoms with van der Waals surface area (Å²) in [6.07, 6.45) is 6.83. The third kappa shape index (κ3) is 4.74. The number of aliphatic hydroxyl groups excluding tert-OH is 1. The monoisotopic (exact) mass is 291 g/mol. The predicted octanol–water partition coefficient (Wildman–Crippen LogP) is 3.22. The third-order valence-electron chi connectivity index (χ3n) is 4.19. The van der Waals surface area contributed by atoms with Crippen molar-refractivity contribution in [2.75, 3.05) is 19.0 Å². The summed E-state index contributed by atoms with van der Waals surface area (Å²) in [5, 5.41) is 13.3. The van der Waals surface area contributed by atoms with Gasteiger partial charge in [0, 0.05) is 12.2 Å². The molecule has 1 aliphatic rings. The second-order valence-electron chi connectivity index (χ2n) is 5.81. The van der Waals surface area contributed by atoms with Gasteiger partial charge < -0.3 is 15.2 Å². The van der Waals surface area contributed by atoms with Crippen LogP contribution in [0, 0.1) is 5.92 Å². The van der Waals surface area contributed by atoms with Gasteiger partial charge in [0.2, 0.25) is 0 Å². The first-order valence-corrected chi connectivity index (χ1v) is 7.80. The number of methoxy groups -OCH3 is 1. The first-order chi connectivity index (χ1) is 10.2. The Kier molecular flexibility index (Phi) is 6.05. The number of hydrogen-bond acceptors (Lipinski definition) is 4. The number of aliphatic hydroxyl groups is 1. The summed E-state index contributed by atoms with van der Waals surface area (Å²) in [6, 6.07) is 7.22. The van der Waals surface area contributed by atoms with Crippen molar-refractivity contribution in [3.05, 3.63) is 29.8 Å². The van der Waals surface area contributed by atoms with Crippen LogP contribution in [0.25, 0.3) is 0 Å². The molecule has 4 heteroatoms. The zero-order chi connectivity index (χ0) is 15.1. The molecule has 1 fully saturated rings. The van der Waals surface area contributed by atoms with Gasteiger partial charge in [0.25, 0.3) is 0 Å². The summed E-state index contributed by atoms with van der Waals surface area (Å²) in [4.78, 5) is 11.7. The van der Waals surface area contributed by atoms with Crippen molar-refractivity contribution in [1.82, 2.24) is 0 Å². The zero-order valence-electron chi connectivity index (χ0n) is 12.7. The highest BCUT2D eigenvalue weighted by Gasteiger charge is 2.18. The second-order valence-corrected chi connectivity index (χ2v) is 5.81. The molecule has 1 unspecified atom stereocenters. The Morgan fingerprint density at radius 3 is 2.76 bits per heavy atom. The van der Waals surface area contributed by atoms with Crippen LogP contribution >= 0.6 is 0 Å². The summed E-state index contributed by atoms with van der Waals surface area (Å²) in [5.41, 5.74) is 1.22. The number of anilines is 1. The van der Waals surface area contributed by atoms with Gasteiger partial charge in [-0.15, -0.1) is 0 Å². The number of esters is 1. The van der Waals surface area contributed by atoms with E-state index in [0.29, 0.717) is 23.7 Å². The Labute approximate surface area is 126 Å². The highest BCUT2D eigenvalue weighted by atomic mass is 16.5. The lowest BCUT2D eigenvalue weighted by Crippen LogP contribution is -2.24. The van der Waals surface area contributed by atoms with Crippen molar-refractivity contribution in [3.8, 4) is 0 Å². The van der Waals surface area contributed by atoms with E-state index in [1.165, 1.54) is 39.2 Å². The fraction of sp³-hybridized carbons (Fsp3) is 0.588. The quantitative estimate of drug-likeness (QED) is 0.790. The summed E-state index contributed by atoms with van der Waals surface area (Å²) >= 11 is 0. The van der Waals surface area contributed by atoms with E-state index in [2.05, 4.69) is 5.32 Å². The van der Waals surface area contributed by atoms with Crippen molar-refractivity contribution in [1.29, 1.82) is 0 Å². The van der Waals surface area contributed by atoms with Crippen LogP contribution in [0.1, 0.15) is 48.9 Å². The molecular formula is C17H25NO3. The normalized spacial score (nSPS) is 17.2. The molecule has 0 bridgehead atoms. The van der Waals surface area contributed by atoms with Crippen LogP contribution in [0.5, 0.6) is 0 Å². The number of para-hydroxylation sites is 1. The van der Waals surface area contributed by atoms with Crippen molar-refractivity contribution < 1.29 is 14.6 Å². The zero-order valence-corrected chi connectivity index (χ0v) is 12.7. The molecule has 0 heterocycles. The lowest BCUT2D eigenvalue weighted by molar-refractivity contribution is 0.0601. The molecule has 2 rings (SSSR count). The molecule has 1 atom stereocenters. The Hall–Kier alpha value is -1.55. The molecule has 116 valence electrons. The van der Waals surface area contributed by atoms with Crippen molar-refractivity contribution in [2.24, 2.45) is 5.92 Å². The van der Waals surface area contributed by atoms with Gasteiger partial charge in [-0.05, 0) is 24.5 Å². The van der Waals surface area contributed by atoms with Gasteiger partial charge in [-0.3, -0.25) is 0 Å². The average Bonchev–Trinajstić information content (AvgIpc) is 2.53. The summed E-state index contributed by atoms with van der Waals surface area (Å²) in [7, 11) is 1.37. The van der Waals surface area contributed by atoms with E-state index in [4.69, 9.17) is 4.74 Å². The molecule has 0 aliphatic heterocycles. The van der Waals surface area contributed by atoms with E-state index >= 15 is 0 Å². The minimum absolute atomic E-state index is 0.361. The van der Waals surface area contributed by atoms with Crippen LogP contribution in [0.4, 0.5) is 5.69 Å². The van der Waals surface area contributed by atoms with Crippen LogP contribution in [0.2, 0.25) is 0 Å². The standard InChI is InChI=1S/C17H25NO3/c1-21-17(20)15-9-5-6-10-16(15)18-12-14(19)11-13-7-3-2-4-8-13/h5-6,9-10,13-14,18-19H,2-4,7-8,11-12H2,1H3. The molecule has 1 aromatic rings. The third-order valence-corrected chi connectivity index (χ3v) is 4.19. The molecule has 21 heavy (non-hydrogen) atoms. The summed E-state index contributed by atoms with van der Waals surface area (Å²) < 4.78 is 4.76. The van der Waals surface area contributed by atoms with Gasteiger partial charge in [-0.25, -0.2) is 4.79 Å². The number of hydrogen-bond donors (Lipinski definition) is 2. The van der Waals surface area contributed by atoms with Gasteiger partial charge in [0.15, 0.2) is 0 Å². The molecule has 0 radical (unpaired) electrons. The van der Waals surface area contributed by atoms with E-state index < -0.39 is 0 Å². The van der Waals surface area contributed by atoms with Crippen LogP contribution in [-0.4, -0.2) is 30.8 Å². The molecular weight excluding hydrogens is 266 g/mol. The minimum Gasteiger partial charge on any atom is -0.465 e. The maximum absolute atomic E-state index is 11.7. The van der Waals surface area contributed by atoms with Crippen LogP contribution in [0.15, 0.2) is 24.3 Å². The van der Waals surface area contributed by atoms with E-state index in [0.717, 1.165) is 6.42 Å². The number of nitrogens with one attached hydrogen (secondary N) is 1. The smallest absolute Gasteiger partial charge is 0.339 e. The fourth-order valence-electron chi connectivity index (χ4n) is 3.04. The minimum atomic E-state index is -0.376. The van der Waals surface area contributed by atoms with Gasteiger partial charge in [-0.1, -0.05) is 44.2 Å². The van der Waals surface area contributed by atoms with Gasteiger partial charge >= 0.3 is 5.97 Å². The SMILES string of the molecule is COC(=O)c1ccccc1NCC(O)CC1CCCCC1. The van der Waals surface area contributed by atoms with Crippen LogP contribution in [-0.2, 0) is 4.74 Å². The number of carbonyl (C=O) groups excluding carboxylic acids is 1. The van der Waals surface area contributed by atoms with Crippen molar-refractivity contribution >= 4 is 11.7 Å². The maximum atomic E-state index is 11.7.